The van der Waals surface area contributed by atoms with E-state index in [-0.39, 0.29) is 11.8 Å². The number of nitrogens with zero attached hydrogens (tertiary/aromatic N) is 4. The lowest BCUT2D eigenvalue weighted by Gasteiger charge is -2.13. The fourth-order valence-electron chi connectivity index (χ4n) is 4.05. The van der Waals surface area contributed by atoms with Crippen molar-refractivity contribution in [2.75, 3.05) is 6.61 Å². The Morgan fingerprint density at radius 2 is 1.90 bits per heavy atom. The summed E-state index contributed by atoms with van der Waals surface area (Å²) < 4.78 is 6.75. The maximum atomic E-state index is 12.0. The Kier molecular flexibility index (Phi) is 4.43. The zero-order chi connectivity index (χ0) is 21.7. The first kappa shape index (κ1) is 19.2. The molecule has 1 aliphatic rings. The normalized spacial score (nSPS) is 13.1. The average molecular weight is 417 g/mol. The number of aromatic nitrogens is 4. The molecule has 5 rings (SSSR count). The molecule has 0 spiro atoms. The van der Waals surface area contributed by atoms with Gasteiger partial charge in [-0.15, -0.1) is 0 Å². The van der Waals surface area contributed by atoms with Gasteiger partial charge in [-0.05, 0) is 37.1 Å². The molecule has 1 aliphatic heterocycles. The second kappa shape index (κ2) is 7.16. The van der Waals surface area contributed by atoms with Crippen LogP contribution < -0.4 is 0 Å². The highest BCUT2D eigenvalue weighted by atomic mass is 16.6. The minimum Gasteiger partial charge on any atom is -0.504 e. The van der Waals surface area contributed by atoms with E-state index in [1.807, 2.05) is 43.3 Å². The number of aromatic amines is 1. The van der Waals surface area contributed by atoms with Gasteiger partial charge >= 0.3 is 6.09 Å². The Hall–Kier alpha value is -3.81. The van der Waals surface area contributed by atoms with Gasteiger partial charge in [-0.3, -0.25) is 9.58 Å². The molecule has 31 heavy (non-hydrogen) atoms. The van der Waals surface area contributed by atoms with Crippen LogP contribution in [0.25, 0.3) is 33.8 Å². The third-order valence-electron chi connectivity index (χ3n) is 5.62. The molecule has 0 aliphatic carbocycles. The number of imidazole rings is 1. The Morgan fingerprint density at radius 3 is 2.61 bits per heavy atom. The van der Waals surface area contributed by atoms with E-state index in [9.17, 15) is 9.90 Å². The number of hydrogen-bond donors (Lipinski definition) is 2. The molecule has 2 aromatic carbocycles. The third kappa shape index (κ3) is 3.20. The van der Waals surface area contributed by atoms with Crippen molar-refractivity contribution in [2.24, 2.45) is 7.05 Å². The topological polar surface area (TPSA) is 96.3 Å². The van der Waals surface area contributed by atoms with Crippen LogP contribution in [0.3, 0.4) is 0 Å². The third-order valence-corrected chi connectivity index (χ3v) is 5.62. The summed E-state index contributed by atoms with van der Waals surface area (Å²) in [5.74, 6) is 0.637. The molecule has 0 unspecified atom stereocenters. The molecule has 0 radical (unpaired) electrons. The Morgan fingerprint density at radius 1 is 1.19 bits per heavy atom. The van der Waals surface area contributed by atoms with Crippen LogP contribution in [-0.4, -0.2) is 42.5 Å². The molecule has 158 valence electrons. The molecule has 2 aromatic heterocycles. The van der Waals surface area contributed by atoms with Crippen molar-refractivity contribution in [1.29, 1.82) is 0 Å². The predicted octanol–water partition coefficient (Wildman–Crippen LogP) is 4.12. The lowest BCUT2D eigenvalue weighted by molar-refractivity contribution is 0.106. The highest BCUT2D eigenvalue weighted by Crippen LogP contribution is 2.37. The Bertz CT molecular complexity index is 1260. The number of aryl methyl sites for hydroxylation is 2. The lowest BCUT2D eigenvalue weighted by atomic mass is 10.1. The van der Waals surface area contributed by atoms with E-state index in [1.165, 1.54) is 0 Å². The molecule has 0 fully saturated rings. The molecular formula is C23H23N5O3. The van der Waals surface area contributed by atoms with E-state index >= 15 is 0 Å². The monoisotopic (exact) mass is 417 g/mol. The van der Waals surface area contributed by atoms with Crippen molar-refractivity contribution in [1.82, 2.24) is 24.6 Å². The average Bonchev–Trinajstić information content (AvgIpc) is 3.41. The first-order chi connectivity index (χ1) is 14.9. The number of carbonyl (C=O) groups is 1. The summed E-state index contributed by atoms with van der Waals surface area (Å²) in [6.45, 7) is 5.18. The van der Waals surface area contributed by atoms with Crippen LogP contribution in [0, 0.1) is 6.92 Å². The zero-order valence-electron chi connectivity index (χ0n) is 17.6. The van der Waals surface area contributed by atoms with Crippen LogP contribution >= 0.6 is 0 Å². The van der Waals surface area contributed by atoms with Crippen LogP contribution in [0.5, 0.6) is 5.75 Å². The van der Waals surface area contributed by atoms with Crippen molar-refractivity contribution >= 4 is 17.1 Å². The number of hydrogen-bond acceptors (Lipinski definition) is 5. The van der Waals surface area contributed by atoms with Gasteiger partial charge < -0.3 is 14.8 Å². The lowest BCUT2D eigenvalue weighted by Crippen LogP contribution is -2.25. The first-order valence-corrected chi connectivity index (χ1v) is 10.2. The van der Waals surface area contributed by atoms with Gasteiger partial charge in [-0.2, -0.15) is 5.10 Å². The van der Waals surface area contributed by atoms with E-state index in [0.717, 1.165) is 33.3 Å². The van der Waals surface area contributed by atoms with Gasteiger partial charge in [0.05, 0.1) is 17.6 Å². The first-order valence-electron chi connectivity index (χ1n) is 10.2. The molecular weight excluding hydrogens is 394 g/mol. The number of fused-ring (bicyclic) bond motifs is 2. The molecule has 3 heterocycles. The predicted molar refractivity (Wildman–Crippen MR) is 116 cm³/mol. The quantitative estimate of drug-likeness (QED) is 0.523. The van der Waals surface area contributed by atoms with Crippen molar-refractivity contribution in [3.05, 3.63) is 53.1 Å². The number of nitrogens with one attached hydrogen (secondary N) is 1. The summed E-state index contributed by atoms with van der Waals surface area (Å²) in [6, 6.07) is 11.9. The number of ether oxygens (including phenoxy) is 1. The number of aromatic hydroxyl groups is 1. The van der Waals surface area contributed by atoms with Gasteiger partial charge in [0, 0.05) is 25.7 Å². The number of benzene rings is 2. The fraction of sp³-hybridized carbons (Fsp3) is 0.261. The summed E-state index contributed by atoms with van der Waals surface area (Å²) >= 11 is 0. The summed E-state index contributed by atoms with van der Waals surface area (Å²) in [5, 5.41) is 15.4. The van der Waals surface area contributed by atoms with Crippen LogP contribution in [0.1, 0.15) is 23.6 Å². The highest BCUT2D eigenvalue weighted by Gasteiger charge is 2.26. The smallest absolute Gasteiger partial charge is 0.410 e. The van der Waals surface area contributed by atoms with Crippen LogP contribution in [0.4, 0.5) is 4.79 Å². The molecule has 0 atom stereocenters. The van der Waals surface area contributed by atoms with Crippen LogP contribution in [0.15, 0.2) is 36.4 Å². The number of H-pyrrole nitrogens is 1. The van der Waals surface area contributed by atoms with Gasteiger partial charge in [-0.25, -0.2) is 9.78 Å². The largest absolute Gasteiger partial charge is 0.504 e. The highest BCUT2D eigenvalue weighted by molar-refractivity contribution is 5.84. The van der Waals surface area contributed by atoms with Crippen molar-refractivity contribution < 1.29 is 14.6 Å². The molecule has 0 bridgehead atoms. The molecule has 4 aromatic rings. The van der Waals surface area contributed by atoms with Gasteiger partial charge in [0.1, 0.15) is 11.4 Å². The van der Waals surface area contributed by atoms with Gasteiger partial charge in [0.15, 0.2) is 11.6 Å². The van der Waals surface area contributed by atoms with E-state index < -0.39 is 0 Å². The SMILES string of the molecule is CCOC(=O)N1Cc2cc3nc(-c4c(O)c(-c5ccc(C)cc5)nn4C)[nH]c3cc2C1. The van der Waals surface area contributed by atoms with Crippen molar-refractivity contribution in [3.8, 4) is 28.5 Å². The number of amides is 1. The number of carbonyl (C=O) groups excluding carboxylic acids is 1. The summed E-state index contributed by atoms with van der Waals surface area (Å²) in [4.78, 5) is 21.7. The zero-order valence-corrected chi connectivity index (χ0v) is 17.6. The molecule has 0 saturated heterocycles. The van der Waals surface area contributed by atoms with Crippen molar-refractivity contribution in [3.63, 3.8) is 0 Å². The molecule has 2 N–H and O–H groups in total. The minimum atomic E-state index is -0.306. The Balaban J connectivity index is 1.50. The van der Waals surface area contributed by atoms with Crippen LogP contribution in [0.2, 0.25) is 0 Å². The minimum absolute atomic E-state index is 0.0893. The standard InChI is InChI=1S/C23H23N5O3/c1-4-31-23(30)28-11-15-9-17-18(10-16(15)12-28)25-22(24-17)20-21(29)19(26-27(20)3)14-7-5-13(2)6-8-14/h5-10,29H,4,11-12H2,1-3H3,(H,24,25). The molecule has 8 nitrogen and oxygen atoms in total. The summed E-state index contributed by atoms with van der Waals surface area (Å²) in [5.41, 5.74) is 6.77. The second-order valence-corrected chi connectivity index (χ2v) is 7.81. The molecule has 8 heteroatoms. The second-order valence-electron chi connectivity index (χ2n) is 7.81. The van der Waals surface area contributed by atoms with Gasteiger partial charge in [0.2, 0.25) is 0 Å². The van der Waals surface area contributed by atoms with E-state index in [0.29, 0.717) is 36.9 Å². The van der Waals surface area contributed by atoms with Gasteiger partial charge in [0.25, 0.3) is 0 Å². The maximum absolute atomic E-state index is 12.0. The molecule has 0 saturated carbocycles. The fourth-order valence-corrected chi connectivity index (χ4v) is 4.05. The maximum Gasteiger partial charge on any atom is 0.410 e. The summed E-state index contributed by atoms with van der Waals surface area (Å²) in [6.07, 6.45) is -0.306. The van der Waals surface area contributed by atoms with Crippen LogP contribution in [-0.2, 0) is 24.9 Å². The van der Waals surface area contributed by atoms with Gasteiger partial charge in [-0.1, -0.05) is 29.8 Å². The van der Waals surface area contributed by atoms with Crippen molar-refractivity contribution in [2.45, 2.75) is 26.9 Å². The Labute approximate surface area is 179 Å². The van der Waals surface area contributed by atoms with E-state index in [2.05, 4.69) is 10.1 Å². The molecule has 1 amide bonds. The summed E-state index contributed by atoms with van der Waals surface area (Å²) in [7, 11) is 1.79. The number of rotatable bonds is 3. The van der Waals surface area contributed by atoms with E-state index in [1.54, 1.807) is 23.6 Å². The van der Waals surface area contributed by atoms with E-state index in [4.69, 9.17) is 9.72 Å².